The predicted octanol–water partition coefficient (Wildman–Crippen LogP) is 1.86. The average Bonchev–Trinajstić information content (AvgIpc) is 2.53. The number of benzene rings is 1. The first-order chi connectivity index (χ1) is 10.3. The minimum absolute atomic E-state index is 0.0510. The molecular formula is C17H28N2O2. The second-order valence-corrected chi connectivity index (χ2v) is 5.76. The Morgan fingerprint density at radius 3 is 2.76 bits per heavy atom. The van der Waals surface area contributed by atoms with E-state index < -0.39 is 0 Å². The smallest absolute Gasteiger partial charge is 0.0593 e. The monoisotopic (exact) mass is 292 g/mol. The molecule has 0 radical (unpaired) electrons. The summed E-state index contributed by atoms with van der Waals surface area (Å²) >= 11 is 0. The summed E-state index contributed by atoms with van der Waals surface area (Å²) in [4.78, 5) is 2.54. The van der Waals surface area contributed by atoms with Crippen LogP contribution < -0.4 is 5.32 Å². The largest absolute Gasteiger partial charge is 0.385 e. The van der Waals surface area contributed by atoms with E-state index in [0.29, 0.717) is 0 Å². The fourth-order valence-electron chi connectivity index (χ4n) is 2.93. The van der Waals surface area contributed by atoms with Crippen molar-refractivity contribution in [1.82, 2.24) is 10.2 Å². The van der Waals surface area contributed by atoms with Crippen LogP contribution in [0.5, 0.6) is 0 Å². The van der Waals surface area contributed by atoms with Crippen molar-refractivity contribution in [2.45, 2.75) is 18.9 Å². The molecule has 21 heavy (non-hydrogen) atoms. The topological polar surface area (TPSA) is 33.7 Å². The number of nitrogens with one attached hydrogen (secondary N) is 1. The van der Waals surface area contributed by atoms with E-state index in [-0.39, 0.29) is 5.54 Å². The van der Waals surface area contributed by atoms with Crippen molar-refractivity contribution in [2.24, 2.45) is 0 Å². The van der Waals surface area contributed by atoms with Gasteiger partial charge in [-0.3, -0.25) is 4.90 Å². The average molecular weight is 292 g/mol. The summed E-state index contributed by atoms with van der Waals surface area (Å²) in [5.74, 6) is 0. The number of hydrogen-bond acceptors (Lipinski definition) is 4. The maximum Gasteiger partial charge on any atom is 0.0593 e. The van der Waals surface area contributed by atoms with Crippen LogP contribution in [-0.4, -0.2) is 58.0 Å². The van der Waals surface area contributed by atoms with Crippen LogP contribution in [0.15, 0.2) is 30.3 Å². The van der Waals surface area contributed by atoms with Gasteiger partial charge in [0.1, 0.15) is 0 Å². The number of rotatable bonds is 8. The first-order valence-corrected chi connectivity index (χ1v) is 7.85. The molecular weight excluding hydrogens is 264 g/mol. The Morgan fingerprint density at radius 2 is 2.00 bits per heavy atom. The molecule has 1 N–H and O–H groups in total. The molecule has 1 aromatic rings. The predicted molar refractivity (Wildman–Crippen MR) is 85.5 cm³/mol. The van der Waals surface area contributed by atoms with Gasteiger partial charge in [0, 0.05) is 46.5 Å². The molecule has 1 saturated heterocycles. The highest BCUT2D eigenvalue weighted by Crippen LogP contribution is 2.29. The summed E-state index contributed by atoms with van der Waals surface area (Å²) in [5.41, 5.74) is 1.42. The molecule has 0 saturated carbocycles. The first kappa shape index (κ1) is 16.4. The van der Waals surface area contributed by atoms with Crippen molar-refractivity contribution in [1.29, 1.82) is 0 Å². The van der Waals surface area contributed by atoms with Crippen molar-refractivity contribution in [2.75, 3.05) is 53.1 Å². The Morgan fingerprint density at radius 1 is 1.19 bits per heavy atom. The van der Waals surface area contributed by atoms with Gasteiger partial charge < -0.3 is 14.8 Å². The number of ether oxygens (including phenoxy) is 2. The molecule has 1 atom stereocenters. The third-order valence-electron chi connectivity index (χ3n) is 4.26. The molecule has 0 spiro atoms. The highest BCUT2D eigenvalue weighted by molar-refractivity contribution is 5.25. The Bertz CT molecular complexity index is 399. The molecule has 1 unspecified atom stereocenters. The van der Waals surface area contributed by atoms with E-state index in [9.17, 15) is 0 Å². The van der Waals surface area contributed by atoms with Crippen LogP contribution >= 0.6 is 0 Å². The van der Waals surface area contributed by atoms with Gasteiger partial charge >= 0.3 is 0 Å². The van der Waals surface area contributed by atoms with Crippen molar-refractivity contribution >= 4 is 0 Å². The normalized spacial score (nSPS) is 23.3. The minimum atomic E-state index is 0.0510. The fourth-order valence-corrected chi connectivity index (χ4v) is 2.93. The quantitative estimate of drug-likeness (QED) is 0.742. The number of hydrogen-bond donors (Lipinski definition) is 1. The van der Waals surface area contributed by atoms with E-state index in [0.717, 1.165) is 52.4 Å². The van der Waals surface area contributed by atoms with Crippen LogP contribution in [0, 0.1) is 0 Å². The Kier molecular flexibility index (Phi) is 6.64. The molecule has 1 fully saturated rings. The maximum atomic E-state index is 5.73. The van der Waals surface area contributed by atoms with Crippen molar-refractivity contribution < 1.29 is 9.47 Å². The standard InChI is InChI=1S/C17H28N2O2/c1-17(16-7-4-3-5-8-16)15-18-9-10-19(17)11-14-21-13-6-12-20-2/h3-5,7-8,18H,6,9-15H2,1-2H3. The lowest BCUT2D eigenvalue weighted by Gasteiger charge is -2.45. The zero-order valence-electron chi connectivity index (χ0n) is 13.3. The van der Waals surface area contributed by atoms with Crippen LogP contribution in [0.25, 0.3) is 0 Å². The van der Waals surface area contributed by atoms with E-state index in [2.05, 4.69) is 47.5 Å². The number of nitrogens with zero attached hydrogens (tertiary/aromatic N) is 1. The van der Waals surface area contributed by atoms with Crippen LogP contribution in [0.3, 0.4) is 0 Å². The molecule has 2 rings (SSSR count). The third-order valence-corrected chi connectivity index (χ3v) is 4.26. The minimum Gasteiger partial charge on any atom is -0.385 e. The van der Waals surface area contributed by atoms with Gasteiger partial charge in [-0.05, 0) is 18.9 Å². The molecule has 0 aromatic heterocycles. The number of methoxy groups -OCH3 is 1. The van der Waals surface area contributed by atoms with E-state index >= 15 is 0 Å². The molecule has 0 aliphatic carbocycles. The summed E-state index contributed by atoms with van der Waals surface area (Å²) in [5, 5.41) is 3.52. The molecule has 0 amide bonds. The second kappa shape index (κ2) is 8.49. The Hall–Kier alpha value is -0.940. The lowest BCUT2D eigenvalue weighted by atomic mass is 9.88. The summed E-state index contributed by atoms with van der Waals surface area (Å²) in [6.45, 7) is 8.72. The number of piperazine rings is 1. The lowest BCUT2D eigenvalue weighted by molar-refractivity contribution is 0.0274. The van der Waals surface area contributed by atoms with Crippen LogP contribution in [-0.2, 0) is 15.0 Å². The molecule has 1 heterocycles. The molecule has 118 valence electrons. The van der Waals surface area contributed by atoms with Gasteiger partial charge in [-0.25, -0.2) is 0 Å². The molecule has 0 bridgehead atoms. The summed E-state index contributed by atoms with van der Waals surface area (Å²) < 4.78 is 10.8. The van der Waals surface area contributed by atoms with Crippen molar-refractivity contribution in [3.8, 4) is 0 Å². The van der Waals surface area contributed by atoms with Gasteiger partial charge in [-0.15, -0.1) is 0 Å². The molecule has 1 aliphatic heterocycles. The van der Waals surface area contributed by atoms with Crippen molar-refractivity contribution in [3.05, 3.63) is 35.9 Å². The van der Waals surface area contributed by atoms with Gasteiger partial charge in [0.15, 0.2) is 0 Å². The first-order valence-electron chi connectivity index (χ1n) is 7.85. The Labute approximate surface area is 128 Å². The van der Waals surface area contributed by atoms with Gasteiger partial charge in [-0.1, -0.05) is 30.3 Å². The van der Waals surface area contributed by atoms with Gasteiger partial charge in [0.05, 0.1) is 12.1 Å². The molecule has 4 nitrogen and oxygen atoms in total. The highest BCUT2D eigenvalue weighted by atomic mass is 16.5. The Balaban J connectivity index is 1.87. The molecule has 1 aromatic carbocycles. The summed E-state index contributed by atoms with van der Waals surface area (Å²) in [7, 11) is 1.73. The fraction of sp³-hybridized carbons (Fsp3) is 0.647. The van der Waals surface area contributed by atoms with E-state index in [1.807, 2.05) is 0 Å². The molecule has 1 aliphatic rings. The SMILES string of the molecule is COCCCOCCN1CCNCC1(C)c1ccccc1. The van der Waals surface area contributed by atoms with Gasteiger partial charge in [-0.2, -0.15) is 0 Å². The van der Waals surface area contributed by atoms with Crippen molar-refractivity contribution in [3.63, 3.8) is 0 Å². The maximum absolute atomic E-state index is 5.73. The zero-order chi connectivity index (χ0) is 15.0. The zero-order valence-corrected chi connectivity index (χ0v) is 13.3. The van der Waals surface area contributed by atoms with Crippen LogP contribution in [0.2, 0.25) is 0 Å². The van der Waals surface area contributed by atoms with Crippen LogP contribution in [0.1, 0.15) is 18.9 Å². The summed E-state index contributed by atoms with van der Waals surface area (Å²) in [6.07, 6.45) is 0.966. The molecule has 4 heteroatoms. The van der Waals surface area contributed by atoms with Gasteiger partial charge in [0.2, 0.25) is 0 Å². The van der Waals surface area contributed by atoms with Gasteiger partial charge in [0.25, 0.3) is 0 Å². The second-order valence-electron chi connectivity index (χ2n) is 5.76. The van der Waals surface area contributed by atoms with E-state index in [1.165, 1.54) is 5.56 Å². The third kappa shape index (κ3) is 4.51. The van der Waals surface area contributed by atoms with E-state index in [1.54, 1.807) is 7.11 Å². The summed E-state index contributed by atoms with van der Waals surface area (Å²) in [6, 6.07) is 10.8. The van der Waals surface area contributed by atoms with Crippen LogP contribution in [0.4, 0.5) is 0 Å². The lowest BCUT2D eigenvalue weighted by Crippen LogP contribution is -2.58. The highest BCUT2D eigenvalue weighted by Gasteiger charge is 2.35. The van der Waals surface area contributed by atoms with E-state index in [4.69, 9.17) is 9.47 Å².